The molecular weight excluding hydrogens is 427 g/mol. The molecular formula is C24H35N2O5P. The van der Waals surface area contributed by atoms with Gasteiger partial charge in [0.15, 0.2) is 17.3 Å². The van der Waals surface area contributed by atoms with Gasteiger partial charge in [0, 0.05) is 12.3 Å². The van der Waals surface area contributed by atoms with Crippen molar-refractivity contribution in [2.24, 2.45) is 11.8 Å². The van der Waals surface area contributed by atoms with Gasteiger partial charge in [0.25, 0.3) is 0 Å². The summed E-state index contributed by atoms with van der Waals surface area (Å²) in [6.07, 6.45) is 3.56. The third-order valence-electron chi connectivity index (χ3n) is 4.91. The summed E-state index contributed by atoms with van der Waals surface area (Å²) in [5, 5.41) is 10.8. The molecule has 1 aromatic carbocycles. The number of phenols is 1. The molecule has 0 amide bonds. The Morgan fingerprint density at radius 3 is 2.47 bits per heavy atom. The second-order valence-electron chi connectivity index (χ2n) is 8.39. The van der Waals surface area contributed by atoms with Gasteiger partial charge in [-0.05, 0) is 68.4 Å². The van der Waals surface area contributed by atoms with Crippen molar-refractivity contribution in [3.05, 3.63) is 52.5 Å². The largest absolute Gasteiger partial charge is 0.504 e. The van der Waals surface area contributed by atoms with Crippen molar-refractivity contribution in [2.75, 3.05) is 12.1 Å². The van der Waals surface area contributed by atoms with Gasteiger partial charge in [0.1, 0.15) is 5.75 Å². The Bertz CT molecular complexity index is 1020. The zero-order chi connectivity index (χ0) is 24.1. The molecule has 0 saturated carbocycles. The number of pyridine rings is 1. The van der Waals surface area contributed by atoms with E-state index in [-0.39, 0.29) is 29.1 Å². The average Bonchev–Trinajstić information content (AvgIpc) is 2.71. The van der Waals surface area contributed by atoms with Gasteiger partial charge in [0.05, 0.1) is 11.9 Å². The molecule has 0 fully saturated rings. The fourth-order valence-electron chi connectivity index (χ4n) is 3.08. The normalized spacial score (nSPS) is 13.9. The summed E-state index contributed by atoms with van der Waals surface area (Å²) in [5.41, 5.74) is 5.22. The van der Waals surface area contributed by atoms with Gasteiger partial charge < -0.3 is 14.4 Å². The number of hydrogen-bond acceptors (Lipinski definition) is 7. The van der Waals surface area contributed by atoms with Crippen molar-refractivity contribution < 1.29 is 23.6 Å². The molecule has 2 rings (SSSR count). The number of anilines is 1. The number of allylic oxidation sites excluding steroid dienone is 2. The van der Waals surface area contributed by atoms with Crippen LogP contribution in [0, 0.1) is 32.6 Å². The standard InChI is InChI=1S/C24H35N2O5P/c1-9-29-21-14-20(13-18(7)23(21)27)30-32(28,22(16(4)5)12-15(2)3)31-26-24-19(8)17(6)10-11-25-24/h10-16,27H,9H2,1-8H3,(H,25,26)/b22-12+. The van der Waals surface area contributed by atoms with Crippen LogP contribution in [-0.2, 0) is 9.19 Å². The number of aromatic hydroxyl groups is 1. The van der Waals surface area contributed by atoms with E-state index in [9.17, 15) is 9.67 Å². The van der Waals surface area contributed by atoms with Crippen LogP contribution in [0.25, 0.3) is 0 Å². The highest BCUT2D eigenvalue weighted by atomic mass is 31.2. The minimum Gasteiger partial charge on any atom is -0.504 e. The highest BCUT2D eigenvalue weighted by Crippen LogP contribution is 2.59. The van der Waals surface area contributed by atoms with Crippen LogP contribution in [0.4, 0.5) is 5.82 Å². The lowest BCUT2D eigenvalue weighted by atomic mass is 10.1. The first-order valence-corrected chi connectivity index (χ1v) is 12.4. The molecule has 0 bridgehead atoms. The Kier molecular flexibility index (Phi) is 8.76. The number of phenolic OH excluding ortho intramolecular Hbond substituents is 1. The Labute approximate surface area is 191 Å². The fraction of sp³-hybridized carbons (Fsp3) is 0.458. The van der Waals surface area contributed by atoms with Crippen molar-refractivity contribution >= 4 is 13.4 Å². The molecule has 0 radical (unpaired) electrons. The number of nitrogens with zero attached hydrogens (tertiary/aromatic N) is 1. The van der Waals surface area contributed by atoms with Crippen molar-refractivity contribution in [1.29, 1.82) is 0 Å². The first kappa shape index (κ1) is 25.8. The molecule has 2 N–H and O–H groups in total. The lowest BCUT2D eigenvalue weighted by Gasteiger charge is -2.25. The predicted molar refractivity (Wildman–Crippen MR) is 128 cm³/mol. The topological polar surface area (TPSA) is 89.9 Å². The quantitative estimate of drug-likeness (QED) is 0.292. The lowest BCUT2D eigenvalue weighted by molar-refractivity contribution is 0.308. The highest BCUT2D eigenvalue weighted by Gasteiger charge is 2.36. The first-order chi connectivity index (χ1) is 15.0. The smallest absolute Gasteiger partial charge is 0.427 e. The van der Waals surface area contributed by atoms with E-state index in [0.29, 0.717) is 23.3 Å². The van der Waals surface area contributed by atoms with Crippen molar-refractivity contribution in [2.45, 2.75) is 55.4 Å². The van der Waals surface area contributed by atoms with Gasteiger partial charge in [-0.25, -0.2) is 15.0 Å². The van der Waals surface area contributed by atoms with E-state index in [0.717, 1.165) is 11.1 Å². The molecule has 176 valence electrons. The molecule has 32 heavy (non-hydrogen) atoms. The van der Waals surface area contributed by atoms with Crippen LogP contribution in [0.3, 0.4) is 0 Å². The summed E-state index contributed by atoms with van der Waals surface area (Å²) < 4.78 is 31.5. The molecule has 7 nitrogen and oxygen atoms in total. The van der Waals surface area contributed by atoms with Crippen molar-refractivity contribution in [3.8, 4) is 17.2 Å². The SMILES string of the molecule is CCOc1cc(OP(=O)(ONc2nccc(C)c2C)/C(=C/C(C)C)C(C)C)cc(C)c1O. The van der Waals surface area contributed by atoms with Gasteiger partial charge in [-0.2, -0.15) is 4.62 Å². The maximum Gasteiger partial charge on any atom is 0.427 e. The van der Waals surface area contributed by atoms with Gasteiger partial charge in [-0.15, -0.1) is 0 Å². The van der Waals surface area contributed by atoms with Gasteiger partial charge >= 0.3 is 7.60 Å². The summed E-state index contributed by atoms with van der Waals surface area (Å²) in [6, 6.07) is 5.02. The van der Waals surface area contributed by atoms with Crippen LogP contribution < -0.4 is 14.7 Å². The Balaban J connectivity index is 2.51. The number of hydrogen-bond donors (Lipinski definition) is 2. The van der Waals surface area contributed by atoms with Crippen molar-refractivity contribution in [1.82, 2.24) is 4.98 Å². The first-order valence-electron chi connectivity index (χ1n) is 10.8. The highest BCUT2D eigenvalue weighted by molar-refractivity contribution is 7.58. The summed E-state index contributed by atoms with van der Waals surface area (Å²) in [4.78, 5) is 4.29. The number of nitrogens with one attached hydrogen (secondary N) is 1. The van der Waals surface area contributed by atoms with Gasteiger partial charge in [-0.3, -0.25) is 0 Å². The van der Waals surface area contributed by atoms with Crippen molar-refractivity contribution in [3.63, 3.8) is 0 Å². The molecule has 0 aliphatic heterocycles. The maximum atomic E-state index is 14.2. The van der Waals surface area contributed by atoms with E-state index in [1.165, 1.54) is 6.07 Å². The van der Waals surface area contributed by atoms with Crippen LogP contribution in [0.15, 0.2) is 35.8 Å². The fourth-order valence-corrected chi connectivity index (χ4v) is 5.03. The number of aromatic nitrogens is 1. The molecule has 8 heteroatoms. The van der Waals surface area contributed by atoms with E-state index in [1.54, 1.807) is 19.2 Å². The van der Waals surface area contributed by atoms with E-state index >= 15 is 0 Å². The van der Waals surface area contributed by atoms with Crippen LogP contribution in [0.5, 0.6) is 17.2 Å². The van der Waals surface area contributed by atoms with Gasteiger partial charge in [-0.1, -0.05) is 33.8 Å². The zero-order valence-corrected chi connectivity index (χ0v) is 21.1. The summed E-state index contributed by atoms with van der Waals surface area (Å²) in [6.45, 7) is 15.7. The molecule has 1 aromatic heterocycles. The van der Waals surface area contributed by atoms with E-state index < -0.39 is 7.60 Å². The minimum absolute atomic E-state index is 0.0227. The molecule has 1 heterocycles. The Morgan fingerprint density at radius 1 is 1.19 bits per heavy atom. The number of benzene rings is 1. The molecule has 0 saturated heterocycles. The minimum atomic E-state index is -3.86. The molecule has 1 atom stereocenters. The van der Waals surface area contributed by atoms with E-state index in [1.807, 2.05) is 60.6 Å². The van der Waals surface area contributed by atoms with E-state index in [4.69, 9.17) is 13.9 Å². The van der Waals surface area contributed by atoms with Crippen LogP contribution in [0.1, 0.15) is 51.3 Å². The summed E-state index contributed by atoms with van der Waals surface area (Å²) in [5.74, 6) is 1.07. The Morgan fingerprint density at radius 2 is 1.88 bits per heavy atom. The summed E-state index contributed by atoms with van der Waals surface area (Å²) in [7, 11) is -3.86. The van der Waals surface area contributed by atoms with Crippen LogP contribution in [-0.4, -0.2) is 16.7 Å². The monoisotopic (exact) mass is 462 g/mol. The Hall–Kier alpha value is -2.50. The maximum absolute atomic E-state index is 14.2. The third kappa shape index (κ3) is 6.27. The molecule has 0 spiro atoms. The van der Waals surface area contributed by atoms with Gasteiger partial charge in [0.2, 0.25) is 0 Å². The van der Waals surface area contributed by atoms with Crippen LogP contribution >= 0.6 is 7.60 Å². The third-order valence-corrected chi connectivity index (χ3v) is 6.99. The molecule has 2 aromatic rings. The van der Waals surface area contributed by atoms with E-state index in [2.05, 4.69) is 10.5 Å². The number of aryl methyl sites for hydroxylation is 2. The summed E-state index contributed by atoms with van der Waals surface area (Å²) >= 11 is 0. The molecule has 0 aliphatic rings. The number of rotatable bonds is 10. The average molecular weight is 463 g/mol. The van der Waals surface area contributed by atoms with Crippen LogP contribution in [0.2, 0.25) is 0 Å². The predicted octanol–water partition coefficient (Wildman–Crippen LogP) is 6.92. The zero-order valence-electron chi connectivity index (χ0n) is 20.2. The molecule has 0 aliphatic carbocycles. The second kappa shape index (κ2) is 10.9. The molecule has 1 unspecified atom stereocenters. The number of ether oxygens (including phenoxy) is 1. The second-order valence-corrected chi connectivity index (χ2v) is 10.3. The lowest BCUT2D eigenvalue weighted by Crippen LogP contribution is -2.12.